The van der Waals surface area contributed by atoms with Crippen molar-refractivity contribution in [3.8, 4) is 11.3 Å². The van der Waals surface area contributed by atoms with E-state index in [9.17, 15) is 9.18 Å². The van der Waals surface area contributed by atoms with Gasteiger partial charge < -0.3 is 0 Å². The largest absolute Gasteiger partial charge is 0.297 e. The Kier molecular flexibility index (Phi) is 3.92. The first kappa shape index (κ1) is 16.3. The first-order chi connectivity index (χ1) is 12.5. The van der Waals surface area contributed by atoms with E-state index in [1.807, 2.05) is 19.9 Å². The smallest absolute Gasteiger partial charge is 0.295 e. The maximum absolute atomic E-state index is 13.3. The number of anilines is 1. The molecule has 0 aliphatic rings. The molecule has 0 radical (unpaired) electrons. The predicted octanol–water partition coefficient (Wildman–Crippen LogP) is 3.26. The molecule has 26 heavy (non-hydrogen) atoms. The number of nitrogens with one attached hydrogen (secondary N) is 1. The average Bonchev–Trinajstić information content (AvgIpc) is 3.22. The number of hydrogen-bond donors (Lipinski definition) is 1. The molecule has 1 N–H and O–H groups in total. The molecule has 130 valence electrons. The molecule has 0 unspecified atom stereocenters. The van der Waals surface area contributed by atoms with Crippen LogP contribution in [-0.4, -0.2) is 30.5 Å². The molecule has 0 bridgehead atoms. The average molecular weight is 368 g/mol. The highest BCUT2D eigenvalue weighted by molar-refractivity contribution is 7.14. The highest BCUT2D eigenvalue weighted by Crippen LogP contribution is 2.25. The summed E-state index contributed by atoms with van der Waals surface area (Å²) in [6.45, 7) is 3.72. The minimum absolute atomic E-state index is 0.00806. The third-order valence-corrected chi connectivity index (χ3v) is 4.42. The number of thiazole rings is 1. The maximum Gasteiger partial charge on any atom is 0.297 e. The van der Waals surface area contributed by atoms with Crippen LogP contribution in [0.1, 0.15) is 22.0 Å². The molecule has 0 saturated carbocycles. The van der Waals surface area contributed by atoms with Crippen molar-refractivity contribution in [1.29, 1.82) is 0 Å². The van der Waals surface area contributed by atoms with Crippen LogP contribution in [-0.2, 0) is 0 Å². The highest BCUT2D eigenvalue weighted by atomic mass is 32.1. The van der Waals surface area contributed by atoms with Gasteiger partial charge in [0.1, 0.15) is 5.82 Å². The van der Waals surface area contributed by atoms with Crippen LogP contribution in [0.3, 0.4) is 0 Å². The van der Waals surface area contributed by atoms with Crippen molar-refractivity contribution in [2.24, 2.45) is 0 Å². The van der Waals surface area contributed by atoms with Crippen LogP contribution >= 0.6 is 11.3 Å². The van der Waals surface area contributed by atoms with Crippen molar-refractivity contribution in [3.05, 3.63) is 58.7 Å². The second kappa shape index (κ2) is 6.26. The van der Waals surface area contributed by atoms with E-state index in [-0.39, 0.29) is 11.6 Å². The summed E-state index contributed by atoms with van der Waals surface area (Å²) >= 11 is 1.24. The fourth-order valence-electron chi connectivity index (χ4n) is 2.53. The van der Waals surface area contributed by atoms with Gasteiger partial charge in [-0.15, -0.1) is 16.4 Å². The van der Waals surface area contributed by atoms with Gasteiger partial charge in [-0.05, 0) is 32.0 Å². The minimum atomic E-state index is -0.479. The molecule has 0 fully saturated rings. The fraction of sp³-hybridized carbons (Fsp3) is 0.118. The van der Waals surface area contributed by atoms with E-state index in [1.54, 1.807) is 17.5 Å². The molecule has 9 heteroatoms. The Morgan fingerprint density at radius 3 is 2.85 bits per heavy atom. The SMILES string of the molecule is Cc1cc(C)n2nc(C(=O)Nc3nc(-c4cccc(F)c4)cs3)nc2n1. The Bertz CT molecular complexity index is 1140. The van der Waals surface area contributed by atoms with E-state index in [1.165, 1.54) is 28.0 Å². The molecule has 0 aliphatic heterocycles. The van der Waals surface area contributed by atoms with E-state index >= 15 is 0 Å². The van der Waals surface area contributed by atoms with Crippen LogP contribution in [0.25, 0.3) is 17.0 Å². The monoisotopic (exact) mass is 368 g/mol. The van der Waals surface area contributed by atoms with Crippen LogP contribution in [0.15, 0.2) is 35.7 Å². The minimum Gasteiger partial charge on any atom is -0.295 e. The Hall–Kier alpha value is -3.20. The summed E-state index contributed by atoms with van der Waals surface area (Å²) in [5.74, 6) is -0.443. The molecule has 3 aromatic heterocycles. The molecule has 0 saturated heterocycles. The van der Waals surface area contributed by atoms with Crippen molar-refractivity contribution in [3.63, 3.8) is 0 Å². The molecule has 0 aliphatic carbocycles. The summed E-state index contributed by atoms with van der Waals surface area (Å²) in [5, 5.41) is 8.98. The van der Waals surface area contributed by atoms with Gasteiger partial charge in [-0.3, -0.25) is 10.1 Å². The second-order valence-electron chi connectivity index (χ2n) is 5.69. The second-order valence-corrected chi connectivity index (χ2v) is 6.55. The topological polar surface area (TPSA) is 85.1 Å². The number of carbonyl (C=O) groups is 1. The van der Waals surface area contributed by atoms with Gasteiger partial charge in [0.2, 0.25) is 5.82 Å². The summed E-state index contributed by atoms with van der Waals surface area (Å²) in [4.78, 5) is 25.1. The standard InChI is InChI=1S/C17H13FN6OS/c1-9-6-10(2)24-16(19-9)21-14(23-24)15(25)22-17-20-13(8-26-17)11-4-3-5-12(18)7-11/h3-8H,1-2H3,(H,20,22,25). The zero-order valence-electron chi connectivity index (χ0n) is 13.9. The van der Waals surface area contributed by atoms with Crippen molar-refractivity contribution < 1.29 is 9.18 Å². The van der Waals surface area contributed by atoms with E-state index < -0.39 is 5.91 Å². The lowest BCUT2D eigenvalue weighted by molar-refractivity contribution is 0.101. The lowest BCUT2D eigenvalue weighted by Gasteiger charge is -1.98. The van der Waals surface area contributed by atoms with Crippen molar-refractivity contribution in [2.75, 3.05) is 5.32 Å². The van der Waals surface area contributed by atoms with Gasteiger partial charge in [-0.2, -0.15) is 4.98 Å². The molecule has 0 spiro atoms. The molecular weight excluding hydrogens is 355 g/mol. The molecule has 1 amide bonds. The molecule has 0 atom stereocenters. The molecule has 4 rings (SSSR count). The lowest BCUT2D eigenvalue weighted by Crippen LogP contribution is -2.13. The first-order valence-electron chi connectivity index (χ1n) is 7.73. The van der Waals surface area contributed by atoms with Crippen LogP contribution in [0, 0.1) is 19.7 Å². The van der Waals surface area contributed by atoms with E-state index in [4.69, 9.17) is 0 Å². The van der Waals surface area contributed by atoms with Crippen LogP contribution in [0.5, 0.6) is 0 Å². The zero-order valence-corrected chi connectivity index (χ0v) is 14.7. The van der Waals surface area contributed by atoms with Gasteiger partial charge in [-0.1, -0.05) is 12.1 Å². The first-order valence-corrected chi connectivity index (χ1v) is 8.61. The number of nitrogens with zero attached hydrogens (tertiary/aromatic N) is 5. The van der Waals surface area contributed by atoms with Crippen LogP contribution in [0.2, 0.25) is 0 Å². The van der Waals surface area contributed by atoms with Gasteiger partial charge in [0.15, 0.2) is 5.13 Å². The number of rotatable bonds is 3. The maximum atomic E-state index is 13.3. The predicted molar refractivity (Wildman–Crippen MR) is 95.7 cm³/mol. The van der Waals surface area contributed by atoms with E-state index in [2.05, 4.69) is 25.4 Å². The van der Waals surface area contributed by atoms with E-state index in [0.29, 0.717) is 22.2 Å². The highest BCUT2D eigenvalue weighted by Gasteiger charge is 2.17. The van der Waals surface area contributed by atoms with Gasteiger partial charge in [0.25, 0.3) is 11.7 Å². The number of halogens is 1. The number of benzene rings is 1. The molecule has 4 aromatic rings. The summed E-state index contributed by atoms with van der Waals surface area (Å²) < 4.78 is 14.9. The number of hydrogen-bond acceptors (Lipinski definition) is 6. The number of aryl methyl sites for hydroxylation is 2. The Balaban J connectivity index is 1.58. The third-order valence-electron chi connectivity index (χ3n) is 3.67. The Morgan fingerprint density at radius 1 is 1.19 bits per heavy atom. The fourth-order valence-corrected chi connectivity index (χ4v) is 3.24. The van der Waals surface area contributed by atoms with Crippen LogP contribution in [0.4, 0.5) is 9.52 Å². The molecule has 3 heterocycles. The van der Waals surface area contributed by atoms with E-state index in [0.717, 1.165) is 11.4 Å². The summed E-state index contributed by atoms with van der Waals surface area (Å²) in [6, 6.07) is 7.98. The van der Waals surface area contributed by atoms with Gasteiger partial charge in [0, 0.05) is 22.3 Å². The third kappa shape index (κ3) is 3.04. The van der Waals surface area contributed by atoms with Gasteiger partial charge >= 0.3 is 0 Å². The van der Waals surface area contributed by atoms with Gasteiger partial charge in [-0.25, -0.2) is 18.9 Å². The van der Waals surface area contributed by atoms with Gasteiger partial charge in [0.05, 0.1) is 5.69 Å². The molecule has 7 nitrogen and oxygen atoms in total. The Labute approximate surface area is 151 Å². The lowest BCUT2D eigenvalue weighted by atomic mass is 10.2. The van der Waals surface area contributed by atoms with Crippen LogP contribution < -0.4 is 5.32 Å². The summed E-state index contributed by atoms with van der Waals surface area (Å²) in [5.41, 5.74) is 2.86. The van der Waals surface area contributed by atoms with Crippen molar-refractivity contribution >= 4 is 28.2 Å². The zero-order chi connectivity index (χ0) is 18.3. The Morgan fingerprint density at radius 2 is 2.04 bits per heavy atom. The number of fused-ring (bicyclic) bond motifs is 1. The number of aromatic nitrogens is 5. The number of carbonyl (C=O) groups excluding carboxylic acids is 1. The molecule has 1 aromatic carbocycles. The molecular formula is C17H13FN6OS. The summed E-state index contributed by atoms with van der Waals surface area (Å²) in [7, 11) is 0. The van der Waals surface area contributed by atoms with Crippen molar-refractivity contribution in [1.82, 2.24) is 24.6 Å². The number of amides is 1. The quantitative estimate of drug-likeness (QED) is 0.600. The normalized spacial score (nSPS) is 11.0. The van der Waals surface area contributed by atoms with Crippen molar-refractivity contribution in [2.45, 2.75) is 13.8 Å². The summed E-state index contributed by atoms with van der Waals surface area (Å²) in [6.07, 6.45) is 0.